The van der Waals surface area contributed by atoms with Gasteiger partial charge in [-0.1, -0.05) is 35.5 Å². The number of nitrogens with zero attached hydrogens (tertiary/aromatic N) is 6. The van der Waals surface area contributed by atoms with Crippen LogP contribution in [0, 0.1) is 0 Å². The van der Waals surface area contributed by atoms with Crippen LogP contribution in [0.4, 0.5) is 0 Å². The summed E-state index contributed by atoms with van der Waals surface area (Å²) in [6.07, 6.45) is 3.71. The van der Waals surface area contributed by atoms with Gasteiger partial charge in [0.1, 0.15) is 12.1 Å². The summed E-state index contributed by atoms with van der Waals surface area (Å²) in [6.45, 7) is 0.641. The third-order valence-corrected chi connectivity index (χ3v) is 4.21. The Morgan fingerprint density at radius 2 is 1.85 bits per heavy atom. The highest BCUT2D eigenvalue weighted by Gasteiger charge is 2.14. The van der Waals surface area contributed by atoms with Crippen molar-refractivity contribution in [3.63, 3.8) is 0 Å². The van der Waals surface area contributed by atoms with Crippen LogP contribution in [0.3, 0.4) is 0 Å². The van der Waals surface area contributed by atoms with Crippen molar-refractivity contribution >= 4 is 16.9 Å². The van der Waals surface area contributed by atoms with Gasteiger partial charge in [0.05, 0.1) is 17.4 Å². The van der Waals surface area contributed by atoms with Gasteiger partial charge >= 0.3 is 0 Å². The average molecular weight is 346 g/mol. The van der Waals surface area contributed by atoms with E-state index >= 15 is 0 Å². The van der Waals surface area contributed by atoms with Gasteiger partial charge in [0, 0.05) is 25.4 Å². The molecule has 7 nitrogen and oxygen atoms in total. The molecule has 0 N–H and O–H groups in total. The number of benzene rings is 2. The van der Waals surface area contributed by atoms with Gasteiger partial charge in [-0.3, -0.25) is 4.79 Å². The summed E-state index contributed by atoms with van der Waals surface area (Å²) in [4.78, 5) is 14.2. The Hall–Kier alpha value is -3.48. The van der Waals surface area contributed by atoms with Gasteiger partial charge in [-0.15, -0.1) is 5.10 Å². The van der Waals surface area contributed by atoms with Crippen LogP contribution >= 0.6 is 0 Å². The van der Waals surface area contributed by atoms with Crippen LogP contribution in [0.15, 0.2) is 67.0 Å². The molecule has 0 unspecified atom stereocenters. The van der Waals surface area contributed by atoms with E-state index in [0.29, 0.717) is 6.54 Å². The maximum Gasteiger partial charge on any atom is 0.244 e. The van der Waals surface area contributed by atoms with Crippen molar-refractivity contribution in [2.45, 2.75) is 13.1 Å². The van der Waals surface area contributed by atoms with E-state index in [-0.39, 0.29) is 12.5 Å². The maximum absolute atomic E-state index is 12.5. The molecule has 2 aromatic carbocycles. The molecule has 0 saturated carbocycles. The zero-order chi connectivity index (χ0) is 17.9. The second-order valence-electron chi connectivity index (χ2n) is 6.11. The number of rotatable bonds is 5. The number of hydrogen-bond donors (Lipinski definition) is 0. The number of para-hydroxylation sites is 2. The number of amides is 1. The largest absolute Gasteiger partial charge is 0.340 e. The third-order valence-electron chi connectivity index (χ3n) is 4.21. The van der Waals surface area contributed by atoms with Crippen LogP contribution in [0.25, 0.3) is 16.7 Å². The van der Waals surface area contributed by atoms with Gasteiger partial charge in [-0.05, 0) is 24.3 Å². The van der Waals surface area contributed by atoms with Crippen LogP contribution in [0.5, 0.6) is 0 Å². The zero-order valence-corrected chi connectivity index (χ0v) is 14.4. The highest BCUT2D eigenvalue weighted by Crippen LogP contribution is 2.12. The smallest absolute Gasteiger partial charge is 0.244 e. The fourth-order valence-electron chi connectivity index (χ4n) is 2.81. The molecule has 7 heteroatoms. The molecule has 1 amide bonds. The van der Waals surface area contributed by atoms with E-state index in [2.05, 4.69) is 15.4 Å². The minimum Gasteiger partial charge on any atom is -0.340 e. The molecule has 0 aliphatic carbocycles. The molecule has 0 fully saturated rings. The maximum atomic E-state index is 12.5. The van der Waals surface area contributed by atoms with Gasteiger partial charge < -0.3 is 4.90 Å². The van der Waals surface area contributed by atoms with E-state index in [9.17, 15) is 4.79 Å². The summed E-state index contributed by atoms with van der Waals surface area (Å²) in [5.74, 6) is -0.0342. The molecule has 0 saturated heterocycles. The summed E-state index contributed by atoms with van der Waals surface area (Å²) in [5.41, 5.74) is 3.59. The standard InChI is InChI=1S/C19H18N6O/c1-23(12-15-11-20-24(13-15)16-7-3-2-4-8-16)19(26)14-25-18-10-6-5-9-17(18)21-22-25/h2-11,13H,12,14H2,1H3. The van der Waals surface area contributed by atoms with E-state index < -0.39 is 0 Å². The van der Waals surface area contributed by atoms with Crippen molar-refractivity contribution in [1.82, 2.24) is 29.7 Å². The third kappa shape index (κ3) is 3.19. The quantitative estimate of drug-likeness (QED) is 0.556. The van der Waals surface area contributed by atoms with Crippen molar-refractivity contribution < 1.29 is 4.79 Å². The normalized spacial score (nSPS) is 11.0. The molecular weight excluding hydrogens is 328 g/mol. The monoisotopic (exact) mass is 346 g/mol. The summed E-state index contributed by atoms with van der Waals surface area (Å²) >= 11 is 0. The van der Waals surface area contributed by atoms with Gasteiger partial charge in [-0.25, -0.2) is 9.36 Å². The molecule has 4 rings (SSSR count). The molecular formula is C19H18N6O. The summed E-state index contributed by atoms with van der Waals surface area (Å²) in [6, 6.07) is 17.5. The average Bonchev–Trinajstić information content (AvgIpc) is 3.30. The lowest BCUT2D eigenvalue weighted by Crippen LogP contribution is -2.30. The Morgan fingerprint density at radius 1 is 1.08 bits per heavy atom. The highest BCUT2D eigenvalue weighted by atomic mass is 16.2. The predicted octanol–water partition coefficient (Wildman–Crippen LogP) is 2.28. The van der Waals surface area contributed by atoms with Gasteiger partial charge in [0.2, 0.25) is 5.91 Å². The number of carbonyl (C=O) groups is 1. The van der Waals surface area contributed by atoms with Crippen molar-refractivity contribution in [2.75, 3.05) is 7.05 Å². The lowest BCUT2D eigenvalue weighted by molar-refractivity contribution is -0.131. The van der Waals surface area contributed by atoms with Crippen LogP contribution in [0.1, 0.15) is 5.56 Å². The van der Waals surface area contributed by atoms with E-state index in [1.807, 2.05) is 60.8 Å². The van der Waals surface area contributed by atoms with Crippen LogP contribution in [-0.2, 0) is 17.9 Å². The molecule has 2 heterocycles. The van der Waals surface area contributed by atoms with Crippen LogP contribution in [-0.4, -0.2) is 42.6 Å². The molecule has 4 aromatic rings. The van der Waals surface area contributed by atoms with Crippen LogP contribution in [0.2, 0.25) is 0 Å². The fraction of sp³-hybridized carbons (Fsp3) is 0.158. The first-order chi connectivity index (χ1) is 12.7. The molecule has 26 heavy (non-hydrogen) atoms. The number of aromatic nitrogens is 5. The SMILES string of the molecule is CN(Cc1cnn(-c2ccccc2)c1)C(=O)Cn1nnc2ccccc21. The summed E-state index contributed by atoms with van der Waals surface area (Å²) in [7, 11) is 1.78. The first kappa shape index (κ1) is 16.0. The molecule has 0 radical (unpaired) electrons. The zero-order valence-electron chi connectivity index (χ0n) is 14.4. The molecule has 0 bridgehead atoms. The van der Waals surface area contributed by atoms with E-state index in [0.717, 1.165) is 22.3 Å². The summed E-state index contributed by atoms with van der Waals surface area (Å²) < 4.78 is 3.43. The van der Waals surface area contributed by atoms with Gasteiger partial charge in [0.15, 0.2) is 0 Å². The number of carbonyl (C=O) groups excluding carboxylic acids is 1. The Balaban J connectivity index is 1.44. The predicted molar refractivity (Wildman–Crippen MR) is 97.6 cm³/mol. The highest BCUT2D eigenvalue weighted by molar-refractivity contribution is 5.79. The Labute approximate surface area is 150 Å². The van der Waals surface area contributed by atoms with E-state index in [1.165, 1.54) is 0 Å². The van der Waals surface area contributed by atoms with E-state index in [1.54, 1.807) is 27.5 Å². The minimum atomic E-state index is -0.0342. The molecule has 0 spiro atoms. The van der Waals surface area contributed by atoms with Crippen molar-refractivity contribution in [2.24, 2.45) is 0 Å². The molecule has 0 aliphatic heterocycles. The second-order valence-corrected chi connectivity index (χ2v) is 6.11. The van der Waals surface area contributed by atoms with Crippen LogP contribution < -0.4 is 0 Å². The molecule has 0 atom stereocenters. The first-order valence-electron chi connectivity index (χ1n) is 8.32. The van der Waals surface area contributed by atoms with Crippen molar-refractivity contribution in [3.05, 3.63) is 72.6 Å². The topological polar surface area (TPSA) is 68.8 Å². The second kappa shape index (κ2) is 6.79. The van der Waals surface area contributed by atoms with E-state index in [4.69, 9.17) is 0 Å². The lowest BCUT2D eigenvalue weighted by atomic mass is 10.3. The van der Waals surface area contributed by atoms with Crippen molar-refractivity contribution in [1.29, 1.82) is 0 Å². The number of likely N-dealkylation sites (N-methyl/N-ethyl adjacent to an activating group) is 1. The Morgan fingerprint density at radius 3 is 2.69 bits per heavy atom. The Bertz CT molecular complexity index is 1040. The van der Waals surface area contributed by atoms with Gasteiger partial charge in [-0.2, -0.15) is 5.10 Å². The number of fused-ring (bicyclic) bond motifs is 1. The van der Waals surface area contributed by atoms with Crippen molar-refractivity contribution in [3.8, 4) is 5.69 Å². The number of hydrogen-bond acceptors (Lipinski definition) is 4. The first-order valence-corrected chi connectivity index (χ1v) is 8.32. The minimum absolute atomic E-state index is 0.0342. The molecule has 2 aromatic heterocycles. The molecule has 0 aliphatic rings. The Kier molecular flexibility index (Phi) is 4.18. The fourth-order valence-corrected chi connectivity index (χ4v) is 2.81. The molecule has 130 valence electrons. The van der Waals surface area contributed by atoms with Gasteiger partial charge in [0.25, 0.3) is 0 Å². The lowest BCUT2D eigenvalue weighted by Gasteiger charge is -2.16. The summed E-state index contributed by atoms with van der Waals surface area (Å²) in [5, 5.41) is 12.5.